The smallest absolute Gasteiger partial charge is 0.310 e. The standard InChI is InChI=1S/C13H18BrNO3/c1-3-13(12(16)17)6-7-15(8-13)9(2)10-4-5-11(14)18-10/h4-5,9H,3,6-8H2,1-2H3,(H,16,17). The molecule has 0 aliphatic carbocycles. The van der Waals surface area contributed by atoms with Gasteiger partial charge in [-0.1, -0.05) is 6.92 Å². The molecule has 0 saturated carbocycles. The van der Waals surface area contributed by atoms with Crippen LogP contribution in [0.5, 0.6) is 0 Å². The summed E-state index contributed by atoms with van der Waals surface area (Å²) in [5.74, 6) is 0.194. The molecule has 1 aromatic rings. The van der Waals surface area contributed by atoms with Gasteiger partial charge in [-0.15, -0.1) is 0 Å². The topological polar surface area (TPSA) is 53.7 Å². The van der Waals surface area contributed by atoms with Crippen molar-refractivity contribution in [2.24, 2.45) is 5.41 Å². The first kappa shape index (κ1) is 13.6. The second kappa shape index (κ2) is 5.05. The zero-order chi connectivity index (χ0) is 13.3. The van der Waals surface area contributed by atoms with Crippen LogP contribution in [-0.2, 0) is 4.79 Å². The molecule has 1 aliphatic heterocycles. The Kier molecular flexibility index (Phi) is 3.82. The van der Waals surface area contributed by atoms with Crippen molar-refractivity contribution in [2.75, 3.05) is 13.1 Å². The SMILES string of the molecule is CCC1(C(=O)O)CCN(C(C)c2ccc(Br)o2)C1. The van der Waals surface area contributed by atoms with Crippen molar-refractivity contribution in [3.63, 3.8) is 0 Å². The van der Waals surface area contributed by atoms with Gasteiger partial charge in [0.05, 0.1) is 11.5 Å². The molecule has 5 heteroatoms. The van der Waals surface area contributed by atoms with E-state index >= 15 is 0 Å². The third kappa shape index (κ3) is 2.34. The molecule has 4 nitrogen and oxygen atoms in total. The number of aliphatic carboxylic acids is 1. The summed E-state index contributed by atoms with van der Waals surface area (Å²) in [7, 11) is 0. The van der Waals surface area contributed by atoms with E-state index in [1.165, 1.54) is 0 Å². The summed E-state index contributed by atoms with van der Waals surface area (Å²) in [6, 6.07) is 3.91. The predicted molar refractivity (Wildman–Crippen MR) is 71.4 cm³/mol. The van der Waals surface area contributed by atoms with E-state index in [1.54, 1.807) is 0 Å². The highest BCUT2D eigenvalue weighted by Crippen LogP contribution is 2.38. The molecule has 0 radical (unpaired) electrons. The van der Waals surface area contributed by atoms with Crippen molar-refractivity contribution >= 4 is 21.9 Å². The van der Waals surface area contributed by atoms with Gasteiger partial charge in [-0.3, -0.25) is 9.69 Å². The first-order valence-electron chi connectivity index (χ1n) is 6.21. The molecule has 1 saturated heterocycles. The molecular weight excluding hydrogens is 298 g/mol. The summed E-state index contributed by atoms with van der Waals surface area (Å²) in [5, 5.41) is 9.38. The van der Waals surface area contributed by atoms with Gasteiger partial charge in [0.15, 0.2) is 4.67 Å². The van der Waals surface area contributed by atoms with Crippen LogP contribution in [0.1, 0.15) is 38.5 Å². The third-order valence-electron chi connectivity index (χ3n) is 4.07. The van der Waals surface area contributed by atoms with Gasteiger partial charge < -0.3 is 9.52 Å². The number of nitrogens with zero attached hydrogens (tertiary/aromatic N) is 1. The molecule has 18 heavy (non-hydrogen) atoms. The highest BCUT2D eigenvalue weighted by atomic mass is 79.9. The first-order chi connectivity index (χ1) is 8.48. The van der Waals surface area contributed by atoms with Gasteiger partial charge in [0, 0.05) is 13.1 Å². The fourth-order valence-electron chi connectivity index (χ4n) is 2.58. The second-order valence-electron chi connectivity index (χ2n) is 4.98. The Morgan fingerprint density at radius 2 is 2.39 bits per heavy atom. The highest BCUT2D eigenvalue weighted by molar-refractivity contribution is 9.10. The summed E-state index contributed by atoms with van der Waals surface area (Å²) in [5.41, 5.74) is -0.585. The van der Waals surface area contributed by atoms with E-state index in [1.807, 2.05) is 19.1 Å². The summed E-state index contributed by atoms with van der Waals surface area (Å²) < 4.78 is 6.26. The predicted octanol–water partition coefficient (Wildman–Crippen LogP) is 3.29. The highest BCUT2D eigenvalue weighted by Gasteiger charge is 2.44. The fraction of sp³-hybridized carbons (Fsp3) is 0.615. The average molecular weight is 316 g/mol. The Morgan fingerprint density at radius 3 is 2.83 bits per heavy atom. The molecule has 100 valence electrons. The van der Waals surface area contributed by atoms with Crippen LogP contribution < -0.4 is 0 Å². The number of rotatable bonds is 4. The van der Waals surface area contributed by atoms with E-state index in [2.05, 4.69) is 27.8 Å². The monoisotopic (exact) mass is 315 g/mol. The number of halogens is 1. The Balaban J connectivity index is 2.11. The van der Waals surface area contributed by atoms with E-state index in [0.717, 1.165) is 12.3 Å². The maximum Gasteiger partial charge on any atom is 0.310 e. The Morgan fingerprint density at radius 1 is 1.67 bits per heavy atom. The number of carboxylic acids is 1. The van der Waals surface area contributed by atoms with Gasteiger partial charge in [0.1, 0.15) is 5.76 Å². The Hall–Kier alpha value is -0.810. The van der Waals surface area contributed by atoms with Crippen molar-refractivity contribution in [1.29, 1.82) is 0 Å². The molecule has 0 bridgehead atoms. The molecule has 2 atom stereocenters. The molecule has 2 heterocycles. The average Bonchev–Trinajstić information content (AvgIpc) is 2.95. The van der Waals surface area contributed by atoms with Crippen LogP contribution >= 0.6 is 15.9 Å². The minimum Gasteiger partial charge on any atom is -0.481 e. The van der Waals surface area contributed by atoms with Crippen molar-refractivity contribution in [3.8, 4) is 0 Å². The summed E-state index contributed by atoms with van der Waals surface area (Å²) in [4.78, 5) is 13.6. The lowest BCUT2D eigenvalue weighted by Crippen LogP contribution is -2.34. The van der Waals surface area contributed by atoms with Crippen molar-refractivity contribution in [2.45, 2.75) is 32.7 Å². The summed E-state index contributed by atoms with van der Waals surface area (Å²) in [6.07, 6.45) is 1.39. The molecule has 0 aromatic carbocycles. The number of carboxylic acid groups (broad SMARTS) is 1. The largest absolute Gasteiger partial charge is 0.481 e. The Bertz CT molecular complexity index is 445. The fourth-order valence-corrected chi connectivity index (χ4v) is 2.90. The maximum atomic E-state index is 11.4. The second-order valence-corrected chi connectivity index (χ2v) is 5.76. The molecule has 2 unspecified atom stereocenters. The van der Waals surface area contributed by atoms with Gasteiger partial charge in [-0.05, 0) is 47.8 Å². The minimum absolute atomic E-state index is 0.115. The molecule has 1 aromatic heterocycles. The molecule has 1 N–H and O–H groups in total. The molecule has 0 spiro atoms. The van der Waals surface area contributed by atoms with E-state index in [4.69, 9.17) is 4.42 Å². The van der Waals surface area contributed by atoms with E-state index in [-0.39, 0.29) is 6.04 Å². The van der Waals surface area contributed by atoms with E-state index in [0.29, 0.717) is 24.1 Å². The normalized spacial score (nSPS) is 26.4. The van der Waals surface area contributed by atoms with Gasteiger partial charge >= 0.3 is 5.97 Å². The first-order valence-corrected chi connectivity index (χ1v) is 7.00. The quantitative estimate of drug-likeness (QED) is 0.926. The molecule has 2 rings (SSSR count). The summed E-state index contributed by atoms with van der Waals surface area (Å²) in [6.45, 7) is 5.41. The van der Waals surface area contributed by atoms with Crippen LogP contribution in [0.4, 0.5) is 0 Å². The van der Waals surface area contributed by atoms with Crippen molar-refractivity contribution < 1.29 is 14.3 Å². The maximum absolute atomic E-state index is 11.4. The molecular formula is C13H18BrNO3. The molecule has 1 fully saturated rings. The van der Waals surface area contributed by atoms with Gasteiger partial charge in [-0.2, -0.15) is 0 Å². The lowest BCUT2D eigenvalue weighted by molar-refractivity contribution is -0.148. The summed E-state index contributed by atoms with van der Waals surface area (Å²) >= 11 is 3.29. The number of carbonyl (C=O) groups is 1. The minimum atomic E-state index is -0.680. The lowest BCUT2D eigenvalue weighted by Gasteiger charge is -2.26. The van der Waals surface area contributed by atoms with E-state index < -0.39 is 11.4 Å². The molecule has 1 aliphatic rings. The number of furan rings is 1. The van der Waals surface area contributed by atoms with Crippen molar-refractivity contribution in [3.05, 3.63) is 22.6 Å². The lowest BCUT2D eigenvalue weighted by atomic mass is 9.84. The van der Waals surface area contributed by atoms with Crippen LogP contribution in [-0.4, -0.2) is 29.1 Å². The van der Waals surface area contributed by atoms with Crippen LogP contribution in [0.25, 0.3) is 0 Å². The van der Waals surface area contributed by atoms with Gasteiger partial charge in [0.25, 0.3) is 0 Å². The number of hydrogen-bond acceptors (Lipinski definition) is 3. The zero-order valence-corrected chi connectivity index (χ0v) is 12.2. The third-order valence-corrected chi connectivity index (χ3v) is 4.49. The van der Waals surface area contributed by atoms with Crippen LogP contribution in [0.15, 0.2) is 21.2 Å². The Labute approximate surface area is 115 Å². The molecule has 0 amide bonds. The van der Waals surface area contributed by atoms with Crippen LogP contribution in [0.2, 0.25) is 0 Å². The van der Waals surface area contributed by atoms with Gasteiger partial charge in [-0.25, -0.2) is 0 Å². The van der Waals surface area contributed by atoms with Crippen LogP contribution in [0, 0.1) is 5.41 Å². The zero-order valence-electron chi connectivity index (χ0n) is 10.6. The number of likely N-dealkylation sites (tertiary alicyclic amines) is 1. The van der Waals surface area contributed by atoms with Crippen molar-refractivity contribution in [1.82, 2.24) is 4.90 Å². The van der Waals surface area contributed by atoms with Gasteiger partial charge in [0.2, 0.25) is 0 Å². The van der Waals surface area contributed by atoms with Crippen LogP contribution in [0.3, 0.4) is 0 Å². The number of hydrogen-bond donors (Lipinski definition) is 1. The van der Waals surface area contributed by atoms with E-state index in [9.17, 15) is 9.90 Å².